The third kappa shape index (κ3) is 1.20. The van der Waals surface area contributed by atoms with Crippen molar-refractivity contribution in [2.75, 3.05) is 6.54 Å². The van der Waals surface area contributed by atoms with E-state index in [0.717, 1.165) is 4.31 Å². The highest BCUT2D eigenvalue weighted by molar-refractivity contribution is 7.78. The number of imide groups is 1. The molecule has 1 saturated heterocycles. The summed E-state index contributed by atoms with van der Waals surface area (Å²) >= 11 is 3.67. The van der Waals surface area contributed by atoms with Gasteiger partial charge in [-0.05, 0) is 0 Å². The van der Waals surface area contributed by atoms with E-state index < -0.39 is 11.9 Å². The minimum absolute atomic E-state index is 0.114. The lowest BCUT2D eigenvalue weighted by Crippen LogP contribution is -2.39. The molecule has 0 atom stereocenters. The zero-order valence-electron chi connectivity index (χ0n) is 5.31. The third-order valence-electron chi connectivity index (χ3n) is 1.11. The van der Waals surface area contributed by atoms with Crippen LogP contribution in [-0.2, 0) is 4.79 Å². The van der Waals surface area contributed by atoms with Gasteiger partial charge < -0.3 is 0 Å². The van der Waals surface area contributed by atoms with Crippen LogP contribution in [-0.4, -0.2) is 27.8 Å². The molecular formula is C4H4N4O2S. The quantitative estimate of drug-likeness (QED) is 0.232. The third-order valence-corrected chi connectivity index (χ3v) is 1.42. The number of amides is 3. The maximum absolute atomic E-state index is 10.8. The molecule has 0 spiro atoms. The number of nitriles is 1. The SMILES string of the molecule is N#CNN1C(=O)CN(S)C1=O. The Bertz CT molecular complexity index is 247. The van der Waals surface area contributed by atoms with Gasteiger partial charge in [0.1, 0.15) is 6.54 Å². The molecule has 58 valence electrons. The van der Waals surface area contributed by atoms with Crippen LogP contribution in [0.3, 0.4) is 0 Å². The maximum Gasteiger partial charge on any atom is 0.356 e. The molecule has 1 aliphatic heterocycles. The molecule has 0 aromatic carbocycles. The number of urea groups is 1. The summed E-state index contributed by atoms with van der Waals surface area (Å²) in [5, 5.41) is 8.70. The lowest BCUT2D eigenvalue weighted by Gasteiger charge is -2.08. The Hall–Kier alpha value is -1.42. The number of nitrogens with one attached hydrogen (secondary N) is 1. The van der Waals surface area contributed by atoms with E-state index in [1.54, 1.807) is 0 Å². The van der Waals surface area contributed by atoms with E-state index in [4.69, 9.17) is 5.26 Å². The Balaban J connectivity index is 2.73. The van der Waals surface area contributed by atoms with Gasteiger partial charge in [-0.25, -0.2) is 10.2 Å². The van der Waals surface area contributed by atoms with Crippen LogP contribution in [0.15, 0.2) is 0 Å². The Morgan fingerprint density at radius 1 is 1.64 bits per heavy atom. The molecule has 0 saturated carbocycles. The van der Waals surface area contributed by atoms with Gasteiger partial charge in [0.2, 0.25) is 0 Å². The summed E-state index contributed by atoms with van der Waals surface area (Å²) in [6.07, 6.45) is 1.46. The predicted octanol–water partition coefficient (Wildman–Crippen LogP) is -0.919. The zero-order valence-corrected chi connectivity index (χ0v) is 6.21. The zero-order chi connectivity index (χ0) is 8.43. The molecule has 3 amide bonds. The summed E-state index contributed by atoms with van der Waals surface area (Å²) < 4.78 is 0.909. The van der Waals surface area contributed by atoms with Crippen LogP contribution in [0.2, 0.25) is 0 Å². The smallest absolute Gasteiger partial charge is 0.270 e. The number of rotatable bonds is 1. The first-order valence-corrected chi connectivity index (χ1v) is 3.05. The van der Waals surface area contributed by atoms with Crippen LogP contribution < -0.4 is 5.43 Å². The Kier molecular flexibility index (Phi) is 1.87. The predicted molar refractivity (Wildman–Crippen MR) is 36.7 cm³/mol. The first kappa shape index (κ1) is 7.68. The van der Waals surface area contributed by atoms with E-state index in [1.165, 1.54) is 6.19 Å². The highest BCUT2D eigenvalue weighted by atomic mass is 32.1. The molecule has 0 aliphatic carbocycles. The van der Waals surface area contributed by atoms with Crippen LogP contribution >= 0.6 is 12.8 Å². The Morgan fingerprint density at radius 2 is 2.27 bits per heavy atom. The average molecular weight is 172 g/mol. The van der Waals surface area contributed by atoms with E-state index in [9.17, 15) is 9.59 Å². The summed E-state index contributed by atoms with van der Waals surface area (Å²) in [6.45, 7) is -0.114. The fourth-order valence-corrected chi connectivity index (χ4v) is 0.859. The fraction of sp³-hybridized carbons (Fsp3) is 0.250. The second-order valence-electron chi connectivity index (χ2n) is 1.79. The van der Waals surface area contributed by atoms with Gasteiger partial charge in [-0.2, -0.15) is 10.3 Å². The lowest BCUT2D eigenvalue weighted by molar-refractivity contribution is -0.126. The molecule has 1 fully saturated rings. The molecule has 11 heavy (non-hydrogen) atoms. The van der Waals surface area contributed by atoms with Gasteiger partial charge in [0.25, 0.3) is 5.91 Å². The summed E-state index contributed by atoms with van der Waals surface area (Å²) in [5.74, 6) is -0.494. The second-order valence-corrected chi connectivity index (χ2v) is 2.28. The number of hydrogen-bond acceptors (Lipinski definition) is 5. The number of thiol groups is 1. The molecule has 0 aromatic heterocycles. The summed E-state index contributed by atoms with van der Waals surface area (Å²) in [6, 6.07) is -0.639. The van der Waals surface area contributed by atoms with Crippen molar-refractivity contribution in [1.29, 1.82) is 5.26 Å². The van der Waals surface area contributed by atoms with Crippen LogP contribution in [0.25, 0.3) is 0 Å². The minimum Gasteiger partial charge on any atom is -0.270 e. The average Bonchev–Trinajstić information content (AvgIpc) is 2.17. The number of carbonyl (C=O) groups excluding carboxylic acids is 2. The van der Waals surface area contributed by atoms with E-state index in [2.05, 4.69) is 12.8 Å². The van der Waals surface area contributed by atoms with Crippen LogP contribution in [0.1, 0.15) is 0 Å². The normalized spacial score (nSPS) is 17.1. The molecule has 0 aromatic rings. The van der Waals surface area contributed by atoms with Gasteiger partial charge in [0.15, 0.2) is 6.19 Å². The van der Waals surface area contributed by atoms with Gasteiger partial charge in [-0.1, -0.05) is 12.8 Å². The Labute approximate surface area is 67.9 Å². The number of hydrogen-bond donors (Lipinski definition) is 2. The summed E-state index contributed by atoms with van der Waals surface area (Å²) in [7, 11) is 0. The van der Waals surface area contributed by atoms with E-state index in [0.29, 0.717) is 5.01 Å². The van der Waals surface area contributed by atoms with Crippen molar-refractivity contribution in [2.24, 2.45) is 0 Å². The monoisotopic (exact) mass is 172 g/mol. The first-order valence-electron chi connectivity index (χ1n) is 2.65. The van der Waals surface area contributed by atoms with Crippen molar-refractivity contribution >= 4 is 24.8 Å². The molecule has 0 bridgehead atoms. The van der Waals surface area contributed by atoms with Crippen molar-refractivity contribution in [3.63, 3.8) is 0 Å². The van der Waals surface area contributed by atoms with Crippen LogP contribution in [0, 0.1) is 11.5 Å². The number of nitrogens with zero attached hydrogens (tertiary/aromatic N) is 3. The number of carbonyl (C=O) groups is 2. The molecule has 1 rings (SSSR count). The largest absolute Gasteiger partial charge is 0.356 e. The van der Waals surface area contributed by atoms with Gasteiger partial charge >= 0.3 is 6.03 Å². The van der Waals surface area contributed by atoms with Gasteiger partial charge in [-0.15, -0.1) is 0 Å². The van der Waals surface area contributed by atoms with Crippen molar-refractivity contribution in [2.45, 2.75) is 0 Å². The molecule has 1 aliphatic rings. The summed E-state index contributed by atoms with van der Waals surface area (Å²) in [5.41, 5.74) is 1.92. The van der Waals surface area contributed by atoms with Crippen molar-refractivity contribution < 1.29 is 9.59 Å². The molecule has 0 unspecified atom stereocenters. The standard InChI is InChI=1S/C4H4N4O2S/c5-2-6-8-3(9)1-7(11)4(8)10/h6,11H,1H2. The van der Waals surface area contributed by atoms with Crippen molar-refractivity contribution in [3.05, 3.63) is 0 Å². The topological polar surface area (TPSA) is 76.4 Å². The Morgan fingerprint density at radius 3 is 2.64 bits per heavy atom. The minimum atomic E-state index is -0.639. The lowest BCUT2D eigenvalue weighted by atomic mass is 10.6. The molecule has 1 heterocycles. The van der Waals surface area contributed by atoms with Crippen LogP contribution in [0.4, 0.5) is 4.79 Å². The molecule has 7 heteroatoms. The maximum atomic E-state index is 10.8. The van der Waals surface area contributed by atoms with E-state index in [-0.39, 0.29) is 6.54 Å². The van der Waals surface area contributed by atoms with E-state index >= 15 is 0 Å². The second kappa shape index (κ2) is 2.67. The van der Waals surface area contributed by atoms with Gasteiger partial charge in [0.05, 0.1) is 0 Å². The van der Waals surface area contributed by atoms with Crippen molar-refractivity contribution in [1.82, 2.24) is 14.7 Å². The highest BCUT2D eigenvalue weighted by Gasteiger charge is 2.34. The highest BCUT2D eigenvalue weighted by Crippen LogP contribution is 2.08. The fourth-order valence-electron chi connectivity index (χ4n) is 0.649. The van der Waals surface area contributed by atoms with Crippen molar-refractivity contribution in [3.8, 4) is 6.19 Å². The molecule has 0 radical (unpaired) electrons. The molecule has 1 N–H and O–H groups in total. The first-order chi connectivity index (χ1) is 5.16. The molecular weight excluding hydrogens is 168 g/mol. The van der Waals surface area contributed by atoms with Crippen LogP contribution in [0.5, 0.6) is 0 Å². The summed E-state index contributed by atoms with van der Waals surface area (Å²) in [4.78, 5) is 21.6. The van der Waals surface area contributed by atoms with Gasteiger partial charge in [-0.3, -0.25) is 9.10 Å². The van der Waals surface area contributed by atoms with Gasteiger partial charge in [0, 0.05) is 0 Å². The number of hydrazine groups is 1. The molecule has 6 nitrogen and oxygen atoms in total. The van der Waals surface area contributed by atoms with E-state index in [1.807, 2.05) is 5.43 Å².